The average molecular weight is 342 g/mol. The number of piperidine rings is 1. The highest BCUT2D eigenvalue weighted by Crippen LogP contribution is 2.34. The molecule has 1 saturated heterocycles. The van der Waals surface area contributed by atoms with E-state index >= 15 is 0 Å². The lowest BCUT2D eigenvalue weighted by atomic mass is 9.93. The van der Waals surface area contributed by atoms with E-state index in [0.717, 1.165) is 53.2 Å². The van der Waals surface area contributed by atoms with Crippen molar-refractivity contribution >= 4 is 29.4 Å². The molecule has 2 N–H and O–H groups in total. The molecule has 0 aliphatic carbocycles. The van der Waals surface area contributed by atoms with Crippen molar-refractivity contribution in [1.82, 2.24) is 20.0 Å². The molecule has 4 heterocycles. The third-order valence-corrected chi connectivity index (χ3v) is 5.82. The molecule has 4 rings (SSSR count). The lowest BCUT2D eigenvalue weighted by molar-refractivity contribution is -0.116. The summed E-state index contributed by atoms with van der Waals surface area (Å²) in [5.74, 6) is 0.841. The quantitative estimate of drug-likeness (QED) is 0.820. The van der Waals surface area contributed by atoms with E-state index in [1.165, 1.54) is 31.0 Å². The Morgan fingerprint density at radius 3 is 3.12 bits per heavy atom. The zero-order valence-electron chi connectivity index (χ0n) is 13.6. The Labute approximate surface area is 145 Å². The van der Waals surface area contributed by atoms with Gasteiger partial charge in [0.2, 0.25) is 0 Å². The normalized spacial score (nSPS) is 17.8. The predicted octanol–water partition coefficient (Wildman–Crippen LogP) is 2.68. The Morgan fingerprint density at radius 2 is 2.25 bits per heavy atom. The van der Waals surface area contributed by atoms with Crippen LogP contribution in [0, 0.1) is 5.92 Å². The molecule has 0 bridgehead atoms. The smallest absolute Gasteiger partial charge is 0.258 e. The van der Waals surface area contributed by atoms with Gasteiger partial charge >= 0.3 is 0 Å². The largest absolute Gasteiger partial charge is 0.352 e. The molecule has 5 nitrogen and oxygen atoms in total. The summed E-state index contributed by atoms with van der Waals surface area (Å²) >= 11 is 1.51. The fourth-order valence-corrected chi connectivity index (χ4v) is 4.46. The number of imidazole rings is 1. The molecule has 1 fully saturated rings. The second kappa shape index (κ2) is 6.99. The number of hydrogen-bond donors (Lipinski definition) is 2. The molecule has 0 radical (unpaired) electrons. The molecule has 1 amide bonds. The summed E-state index contributed by atoms with van der Waals surface area (Å²) in [7, 11) is 0. The van der Waals surface area contributed by atoms with Crippen molar-refractivity contribution in [3.8, 4) is 0 Å². The average Bonchev–Trinajstić information content (AvgIpc) is 3.04. The Kier molecular flexibility index (Phi) is 4.58. The van der Waals surface area contributed by atoms with Crippen LogP contribution in [0.4, 0.5) is 0 Å². The molecule has 0 unspecified atom stereocenters. The van der Waals surface area contributed by atoms with E-state index in [1.807, 2.05) is 30.5 Å². The number of rotatable bonds is 5. The van der Waals surface area contributed by atoms with Gasteiger partial charge < -0.3 is 10.6 Å². The lowest BCUT2D eigenvalue weighted by Crippen LogP contribution is -2.29. The Morgan fingerprint density at radius 1 is 1.38 bits per heavy atom. The van der Waals surface area contributed by atoms with E-state index in [0.29, 0.717) is 0 Å². The highest BCUT2D eigenvalue weighted by molar-refractivity contribution is 8.04. The van der Waals surface area contributed by atoms with Crippen LogP contribution in [-0.2, 0) is 4.79 Å². The summed E-state index contributed by atoms with van der Waals surface area (Å²) in [4.78, 5) is 17.6. The number of carbonyl (C=O) groups is 1. The third kappa shape index (κ3) is 3.21. The number of thioether (sulfide) groups is 1. The van der Waals surface area contributed by atoms with Gasteiger partial charge in [-0.25, -0.2) is 4.98 Å². The first kappa shape index (κ1) is 15.7. The van der Waals surface area contributed by atoms with Crippen LogP contribution in [0.25, 0.3) is 11.7 Å². The minimum atomic E-state index is 0.0229. The van der Waals surface area contributed by atoms with Gasteiger partial charge in [0.15, 0.2) is 0 Å². The van der Waals surface area contributed by atoms with Gasteiger partial charge in [0.05, 0.1) is 21.8 Å². The van der Waals surface area contributed by atoms with Crippen LogP contribution in [0.2, 0.25) is 0 Å². The number of hydrogen-bond acceptors (Lipinski definition) is 4. The van der Waals surface area contributed by atoms with E-state index in [4.69, 9.17) is 0 Å². The minimum Gasteiger partial charge on any atom is -0.352 e. The van der Waals surface area contributed by atoms with Gasteiger partial charge in [-0.15, -0.1) is 0 Å². The fraction of sp³-hybridized carbons (Fsp3) is 0.444. The van der Waals surface area contributed by atoms with Gasteiger partial charge in [0.25, 0.3) is 5.91 Å². The summed E-state index contributed by atoms with van der Waals surface area (Å²) < 4.78 is 2.08. The Balaban J connectivity index is 1.33. The molecular formula is C18H22N4OS. The number of aromatic nitrogens is 2. The van der Waals surface area contributed by atoms with Crippen molar-refractivity contribution in [3.63, 3.8) is 0 Å². The zero-order valence-corrected chi connectivity index (χ0v) is 14.4. The number of nitrogens with zero attached hydrogens (tertiary/aromatic N) is 2. The first-order valence-electron chi connectivity index (χ1n) is 8.66. The molecule has 0 aromatic carbocycles. The van der Waals surface area contributed by atoms with Crippen LogP contribution in [0.3, 0.4) is 0 Å². The molecule has 2 aromatic heterocycles. The van der Waals surface area contributed by atoms with Crippen LogP contribution in [0.1, 0.15) is 31.4 Å². The summed E-state index contributed by atoms with van der Waals surface area (Å²) in [6.07, 6.45) is 8.55. The second-order valence-electron chi connectivity index (χ2n) is 6.44. The van der Waals surface area contributed by atoms with Crippen molar-refractivity contribution in [2.75, 3.05) is 19.6 Å². The predicted molar refractivity (Wildman–Crippen MR) is 96.9 cm³/mol. The van der Waals surface area contributed by atoms with Crippen molar-refractivity contribution in [2.45, 2.75) is 30.7 Å². The van der Waals surface area contributed by atoms with Crippen LogP contribution in [-0.4, -0.2) is 34.9 Å². The first-order valence-corrected chi connectivity index (χ1v) is 9.48. The maximum absolute atomic E-state index is 12.5. The van der Waals surface area contributed by atoms with Gasteiger partial charge in [0, 0.05) is 6.54 Å². The molecule has 0 atom stereocenters. The number of nitrogens with one attached hydrogen (secondary N) is 2. The van der Waals surface area contributed by atoms with Gasteiger partial charge in [-0.05, 0) is 62.9 Å². The highest BCUT2D eigenvalue weighted by Gasteiger charge is 2.20. The van der Waals surface area contributed by atoms with Crippen molar-refractivity contribution in [3.05, 3.63) is 35.0 Å². The SMILES string of the molecule is O=C(NCCCC1CCNCC1)C1=Cc2cnc3cccc(n23)S1. The molecule has 0 spiro atoms. The number of pyridine rings is 1. The summed E-state index contributed by atoms with van der Waals surface area (Å²) in [6.45, 7) is 3.03. The second-order valence-corrected chi connectivity index (χ2v) is 7.51. The Bertz CT molecular complexity index is 776. The van der Waals surface area contributed by atoms with Gasteiger partial charge in [-0.3, -0.25) is 9.20 Å². The van der Waals surface area contributed by atoms with Crippen LogP contribution in [0.5, 0.6) is 0 Å². The maximum Gasteiger partial charge on any atom is 0.258 e. The lowest BCUT2D eigenvalue weighted by Gasteiger charge is -2.22. The summed E-state index contributed by atoms with van der Waals surface area (Å²) in [6, 6.07) is 5.99. The fourth-order valence-electron chi connectivity index (χ4n) is 3.45. The van der Waals surface area contributed by atoms with E-state index in [1.54, 1.807) is 0 Å². The first-order chi connectivity index (χ1) is 11.8. The van der Waals surface area contributed by atoms with Crippen molar-refractivity contribution in [1.29, 1.82) is 0 Å². The molecule has 2 aliphatic heterocycles. The van der Waals surface area contributed by atoms with E-state index in [9.17, 15) is 4.79 Å². The minimum absolute atomic E-state index is 0.0229. The van der Waals surface area contributed by atoms with E-state index in [2.05, 4.69) is 20.0 Å². The van der Waals surface area contributed by atoms with Gasteiger partial charge in [-0.2, -0.15) is 0 Å². The van der Waals surface area contributed by atoms with E-state index < -0.39 is 0 Å². The van der Waals surface area contributed by atoms with Gasteiger partial charge in [-0.1, -0.05) is 17.8 Å². The summed E-state index contributed by atoms with van der Waals surface area (Å²) in [5.41, 5.74) is 1.90. The number of amides is 1. The van der Waals surface area contributed by atoms with Crippen LogP contribution < -0.4 is 10.6 Å². The summed E-state index contributed by atoms with van der Waals surface area (Å²) in [5, 5.41) is 7.51. The monoisotopic (exact) mass is 342 g/mol. The Hall–Kier alpha value is -1.79. The van der Waals surface area contributed by atoms with Crippen LogP contribution in [0.15, 0.2) is 34.3 Å². The van der Waals surface area contributed by atoms with Crippen LogP contribution >= 0.6 is 11.8 Å². The van der Waals surface area contributed by atoms with Gasteiger partial charge in [0.1, 0.15) is 5.65 Å². The molecule has 2 aromatic rings. The third-order valence-electron chi connectivity index (χ3n) is 4.77. The molecular weight excluding hydrogens is 320 g/mol. The maximum atomic E-state index is 12.5. The molecule has 6 heteroatoms. The molecule has 126 valence electrons. The molecule has 2 aliphatic rings. The van der Waals surface area contributed by atoms with Crippen molar-refractivity contribution < 1.29 is 4.79 Å². The zero-order chi connectivity index (χ0) is 16.4. The standard InChI is InChI=1S/C18H22N4OS/c23-18(20-8-2-3-13-6-9-19-10-7-13)15-11-14-12-21-16-4-1-5-17(24-15)22(14)16/h1,4-5,11-13,19H,2-3,6-10H2,(H,20,23). The number of carbonyl (C=O) groups excluding carboxylic acids is 1. The van der Waals surface area contributed by atoms with E-state index in [-0.39, 0.29) is 5.91 Å². The van der Waals surface area contributed by atoms with Crippen molar-refractivity contribution in [2.24, 2.45) is 5.92 Å². The molecule has 0 saturated carbocycles. The topological polar surface area (TPSA) is 58.4 Å². The molecule has 24 heavy (non-hydrogen) atoms. The highest BCUT2D eigenvalue weighted by atomic mass is 32.2.